The van der Waals surface area contributed by atoms with Gasteiger partial charge in [0, 0.05) is 6.04 Å². The van der Waals surface area contributed by atoms with Crippen molar-refractivity contribution in [2.24, 2.45) is 5.73 Å². The first kappa shape index (κ1) is 16.3. The van der Waals surface area contributed by atoms with Gasteiger partial charge in [-0.15, -0.1) is 0 Å². The number of nitrogens with two attached hydrogens (primary N) is 1. The van der Waals surface area contributed by atoms with Crippen LogP contribution in [0, 0.1) is 0 Å². The van der Waals surface area contributed by atoms with Crippen LogP contribution in [0.25, 0.3) is 0 Å². The van der Waals surface area contributed by atoms with Crippen molar-refractivity contribution in [3.63, 3.8) is 0 Å². The number of rotatable bonds is 8. The van der Waals surface area contributed by atoms with E-state index < -0.39 is 0 Å². The van der Waals surface area contributed by atoms with Crippen LogP contribution in [-0.2, 0) is 9.53 Å². The van der Waals surface area contributed by atoms with E-state index in [4.69, 9.17) is 19.9 Å². The predicted octanol–water partition coefficient (Wildman–Crippen LogP) is 2.44. The van der Waals surface area contributed by atoms with E-state index >= 15 is 0 Å². The number of unbranched alkanes of at least 4 members (excludes halogenated alkanes) is 1. The Morgan fingerprint density at radius 2 is 2.10 bits per heavy atom. The Bertz CT molecular complexity index is 432. The minimum atomic E-state index is -0.378. The number of ether oxygens (including phenoxy) is 3. The van der Waals surface area contributed by atoms with E-state index in [0.29, 0.717) is 18.1 Å². The average Bonchev–Trinajstić information content (AvgIpc) is 2.45. The lowest BCUT2D eigenvalue weighted by Crippen LogP contribution is -2.16. The largest absolute Gasteiger partial charge is 0.493 e. The fraction of sp³-hybridized carbons (Fsp3) is 0.533. The van der Waals surface area contributed by atoms with Crippen LogP contribution in [0.15, 0.2) is 18.2 Å². The molecule has 0 bridgehead atoms. The number of carbonyl (C=O) groups excluding carboxylic acids is 1. The number of esters is 1. The van der Waals surface area contributed by atoms with Crippen molar-refractivity contribution in [1.29, 1.82) is 0 Å². The summed E-state index contributed by atoms with van der Waals surface area (Å²) < 4.78 is 15.7. The SMILES string of the molecule is CCCCOC(=O)COc1ccc([C@@H](C)N)cc1OC. The van der Waals surface area contributed by atoms with Gasteiger partial charge in [-0.3, -0.25) is 0 Å². The molecular formula is C15H23NO4. The molecular weight excluding hydrogens is 258 g/mol. The number of carbonyl (C=O) groups is 1. The molecule has 1 aromatic rings. The van der Waals surface area contributed by atoms with Gasteiger partial charge in [0.2, 0.25) is 0 Å². The Labute approximate surface area is 120 Å². The molecule has 0 aromatic heterocycles. The summed E-state index contributed by atoms with van der Waals surface area (Å²) in [6.07, 6.45) is 1.85. The third-order valence-corrected chi connectivity index (χ3v) is 2.82. The molecule has 0 spiro atoms. The zero-order valence-corrected chi connectivity index (χ0v) is 12.3. The highest BCUT2D eigenvalue weighted by molar-refractivity contribution is 5.71. The highest BCUT2D eigenvalue weighted by atomic mass is 16.6. The van der Waals surface area contributed by atoms with Gasteiger partial charge in [0.25, 0.3) is 0 Å². The fourth-order valence-corrected chi connectivity index (χ4v) is 1.60. The van der Waals surface area contributed by atoms with Crippen molar-refractivity contribution in [1.82, 2.24) is 0 Å². The summed E-state index contributed by atoms with van der Waals surface area (Å²) in [7, 11) is 1.55. The second-order valence-electron chi connectivity index (χ2n) is 4.56. The molecule has 112 valence electrons. The fourth-order valence-electron chi connectivity index (χ4n) is 1.60. The molecule has 0 unspecified atom stereocenters. The molecule has 0 heterocycles. The van der Waals surface area contributed by atoms with Gasteiger partial charge in [0.15, 0.2) is 18.1 Å². The van der Waals surface area contributed by atoms with Crippen LogP contribution >= 0.6 is 0 Å². The van der Waals surface area contributed by atoms with Gasteiger partial charge in [0.1, 0.15) is 0 Å². The van der Waals surface area contributed by atoms with Crippen LogP contribution in [0.1, 0.15) is 38.3 Å². The van der Waals surface area contributed by atoms with Gasteiger partial charge in [-0.1, -0.05) is 19.4 Å². The highest BCUT2D eigenvalue weighted by Crippen LogP contribution is 2.29. The van der Waals surface area contributed by atoms with Gasteiger partial charge < -0.3 is 19.9 Å². The summed E-state index contributed by atoms with van der Waals surface area (Å²) in [6.45, 7) is 4.23. The first-order chi connectivity index (χ1) is 9.58. The van der Waals surface area contributed by atoms with Gasteiger partial charge >= 0.3 is 5.97 Å². The van der Waals surface area contributed by atoms with Crippen LogP contribution in [0.3, 0.4) is 0 Å². The van der Waals surface area contributed by atoms with E-state index in [9.17, 15) is 4.79 Å². The highest BCUT2D eigenvalue weighted by Gasteiger charge is 2.10. The lowest BCUT2D eigenvalue weighted by Gasteiger charge is -2.13. The second kappa shape index (κ2) is 8.43. The maximum atomic E-state index is 11.5. The summed E-state index contributed by atoms with van der Waals surface area (Å²) in [4.78, 5) is 11.5. The molecule has 0 saturated heterocycles. The van der Waals surface area contributed by atoms with Crippen molar-refractivity contribution >= 4 is 5.97 Å². The van der Waals surface area contributed by atoms with E-state index in [1.165, 1.54) is 0 Å². The van der Waals surface area contributed by atoms with Crippen molar-refractivity contribution in [3.05, 3.63) is 23.8 Å². The molecule has 0 aliphatic carbocycles. The first-order valence-electron chi connectivity index (χ1n) is 6.80. The molecule has 0 radical (unpaired) electrons. The average molecular weight is 281 g/mol. The molecule has 2 N–H and O–H groups in total. The summed E-state index contributed by atoms with van der Waals surface area (Å²) in [6, 6.07) is 5.32. The Balaban J connectivity index is 2.57. The van der Waals surface area contributed by atoms with E-state index in [1.54, 1.807) is 13.2 Å². The topological polar surface area (TPSA) is 70.8 Å². The predicted molar refractivity (Wildman–Crippen MR) is 77.0 cm³/mol. The van der Waals surface area contributed by atoms with E-state index in [-0.39, 0.29) is 18.6 Å². The third-order valence-electron chi connectivity index (χ3n) is 2.82. The molecule has 1 rings (SSSR count). The minimum Gasteiger partial charge on any atom is -0.493 e. The number of hydrogen-bond donors (Lipinski definition) is 1. The molecule has 0 saturated carbocycles. The maximum absolute atomic E-state index is 11.5. The molecule has 0 aliphatic rings. The van der Waals surface area contributed by atoms with Crippen LogP contribution in [-0.4, -0.2) is 26.3 Å². The van der Waals surface area contributed by atoms with Crippen molar-refractivity contribution < 1.29 is 19.0 Å². The zero-order chi connectivity index (χ0) is 15.0. The van der Waals surface area contributed by atoms with Gasteiger partial charge in [-0.25, -0.2) is 4.79 Å². The monoisotopic (exact) mass is 281 g/mol. The molecule has 0 amide bonds. The molecule has 5 heteroatoms. The van der Waals surface area contributed by atoms with E-state index in [0.717, 1.165) is 18.4 Å². The Morgan fingerprint density at radius 3 is 2.70 bits per heavy atom. The summed E-state index contributed by atoms with van der Waals surface area (Å²) in [5.41, 5.74) is 6.75. The number of benzene rings is 1. The molecule has 1 aromatic carbocycles. The minimum absolute atomic E-state index is 0.0861. The maximum Gasteiger partial charge on any atom is 0.344 e. The standard InChI is InChI=1S/C15H23NO4/c1-4-5-8-19-15(17)10-20-13-7-6-12(11(2)16)9-14(13)18-3/h6-7,9,11H,4-5,8,10,16H2,1-3H3/t11-/m1/s1. The number of methoxy groups -OCH3 is 1. The lowest BCUT2D eigenvalue weighted by atomic mass is 10.1. The third kappa shape index (κ3) is 5.09. The summed E-state index contributed by atoms with van der Waals surface area (Å²) in [5.74, 6) is 0.683. The Kier molecular flexibility index (Phi) is 6.87. The van der Waals surface area contributed by atoms with Crippen LogP contribution < -0.4 is 15.2 Å². The molecule has 5 nitrogen and oxygen atoms in total. The molecule has 0 fully saturated rings. The van der Waals surface area contributed by atoms with Gasteiger partial charge in [-0.2, -0.15) is 0 Å². The van der Waals surface area contributed by atoms with Crippen LogP contribution in [0.4, 0.5) is 0 Å². The van der Waals surface area contributed by atoms with Gasteiger partial charge in [-0.05, 0) is 31.0 Å². The molecule has 1 atom stereocenters. The van der Waals surface area contributed by atoms with Gasteiger partial charge in [0.05, 0.1) is 13.7 Å². The van der Waals surface area contributed by atoms with Crippen molar-refractivity contribution in [2.45, 2.75) is 32.7 Å². The zero-order valence-electron chi connectivity index (χ0n) is 12.3. The number of hydrogen-bond acceptors (Lipinski definition) is 5. The van der Waals surface area contributed by atoms with Crippen molar-refractivity contribution in [2.75, 3.05) is 20.3 Å². The van der Waals surface area contributed by atoms with E-state index in [1.807, 2.05) is 26.0 Å². The normalized spacial score (nSPS) is 11.8. The summed E-state index contributed by atoms with van der Waals surface area (Å²) >= 11 is 0. The lowest BCUT2D eigenvalue weighted by molar-refractivity contribution is -0.146. The van der Waals surface area contributed by atoms with E-state index in [2.05, 4.69) is 0 Å². The smallest absolute Gasteiger partial charge is 0.344 e. The van der Waals surface area contributed by atoms with Crippen LogP contribution in [0.2, 0.25) is 0 Å². The first-order valence-corrected chi connectivity index (χ1v) is 6.80. The Morgan fingerprint density at radius 1 is 1.35 bits per heavy atom. The summed E-state index contributed by atoms with van der Waals surface area (Å²) in [5, 5.41) is 0. The van der Waals surface area contributed by atoms with Crippen molar-refractivity contribution in [3.8, 4) is 11.5 Å². The molecule has 20 heavy (non-hydrogen) atoms. The van der Waals surface area contributed by atoms with Crippen LogP contribution in [0.5, 0.6) is 11.5 Å². The second-order valence-corrected chi connectivity index (χ2v) is 4.56. The molecule has 0 aliphatic heterocycles. The Hall–Kier alpha value is -1.75. The quantitative estimate of drug-likeness (QED) is 0.585.